The van der Waals surface area contributed by atoms with Crippen LogP contribution >= 0.6 is 11.3 Å². The van der Waals surface area contributed by atoms with Gasteiger partial charge in [0.1, 0.15) is 6.04 Å². The van der Waals surface area contributed by atoms with Crippen LogP contribution < -0.4 is 10.6 Å². The summed E-state index contributed by atoms with van der Waals surface area (Å²) in [4.78, 5) is 24.2. The number of carboxylic acids is 1. The Bertz CT molecular complexity index is 451. The second-order valence-corrected chi connectivity index (χ2v) is 6.97. The zero-order valence-electron chi connectivity index (χ0n) is 12.3. The third-order valence-corrected chi connectivity index (χ3v) is 3.75. The molecule has 5 nitrogen and oxygen atoms in total. The van der Waals surface area contributed by atoms with Gasteiger partial charge in [0.15, 0.2) is 0 Å². The van der Waals surface area contributed by atoms with Gasteiger partial charge in [-0.2, -0.15) is 0 Å². The fourth-order valence-electron chi connectivity index (χ4n) is 1.83. The zero-order valence-corrected chi connectivity index (χ0v) is 13.1. The smallest absolute Gasteiger partial charge is 0.326 e. The molecule has 0 spiro atoms. The normalized spacial score (nSPS) is 14.4. The Hall–Kier alpha value is -1.56. The number of hydrogen-bond acceptors (Lipinski definition) is 3. The van der Waals surface area contributed by atoms with Crippen LogP contribution in [0.4, 0.5) is 4.79 Å². The van der Waals surface area contributed by atoms with Gasteiger partial charge in [-0.1, -0.05) is 26.8 Å². The second-order valence-electron chi connectivity index (χ2n) is 5.94. The molecule has 0 bridgehead atoms. The van der Waals surface area contributed by atoms with E-state index in [9.17, 15) is 9.59 Å². The van der Waals surface area contributed by atoms with Gasteiger partial charge in [0.2, 0.25) is 0 Å². The summed E-state index contributed by atoms with van der Waals surface area (Å²) in [6.07, 6.45) is 0.734. The highest BCUT2D eigenvalue weighted by molar-refractivity contribution is 7.09. The third kappa shape index (κ3) is 5.21. The molecule has 0 aromatic carbocycles. The molecule has 2 atom stereocenters. The van der Waals surface area contributed by atoms with Gasteiger partial charge in [-0.15, -0.1) is 11.3 Å². The topological polar surface area (TPSA) is 78.4 Å². The third-order valence-electron chi connectivity index (χ3n) is 2.85. The number of amides is 2. The number of carboxylic acid groups (broad SMARTS) is 1. The largest absolute Gasteiger partial charge is 0.480 e. The van der Waals surface area contributed by atoms with E-state index < -0.39 is 23.5 Å². The first-order valence-corrected chi connectivity index (χ1v) is 7.40. The molecule has 0 aliphatic heterocycles. The fraction of sp³-hybridized carbons (Fsp3) is 0.571. The summed E-state index contributed by atoms with van der Waals surface area (Å²) in [5, 5.41) is 16.4. The highest BCUT2D eigenvalue weighted by Gasteiger charge is 2.32. The van der Waals surface area contributed by atoms with E-state index in [-0.39, 0.29) is 6.04 Å². The zero-order chi connectivity index (χ0) is 15.3. The molecule has 2 unspecified atom stereocenters. The maximum atomic E-state index is 11.9. The summed E-state index contributed by atoms with van der Waals surface area (Å²) < 4.78 is 0. The van der Waals surface area contributed by atoms with Crippen molar-refractivity contribution >= 4 is 23.3 Å². The molecule has 0 saturated heterocycles. The number of carbonyl (C=O) groups is 2. The van der Waals surface area contributed by atoms with Crippen LogP contribution in [-0.2, 0) is 11.2 Å². The van der Waals surface area contributed by atoms with Crippen molar-refractivity contribution in [2.45, 2.75) is 46.2 Å². The highest BCUT2D eigenvalue weighted by Crippen LogP contribution is 2.19. The predicted octanol–water partition coefficient (Wildman–Crippen LogP) is 2.48. The van der Waals surface area contributed by atoms with Crippen LogP contribution in [0.5, 0.6) is 0 Å². The summed E-state index contributed by atoms with van der Waals surface area (Å²) in [5.41, 5.74) is -0.542. The van der Waals surface area contributed by atoms with Crippen molar-refractivity contribution < 1.29 is 14.7 Å². The Morgan fingerprint density at radius 2 is 2.00 bits per heavy atom. The van der Waals surface area contributed by atoms with Crippen molar-refractivity contribution in [1.82, 2.24) is 10.6 Å². The van der Waals surface area contributed by atoms with Crippen molar-refractivity contribution in [2.24, 2.45) is 5.41 Å². The summed E-state index contributed by atoms with van der Waals surface area (Å²) in [7, 11) is 0. The van der Waals surface area contributed by atoms with Crippen LogP contribution in [0.15, 0.2) is 17.5 Å². The lowest BCUT2D eigenvalue weighted by Crippen LogP contribution is -2.53. The first kappa shape index (κ1) is 16.5. The van der Waals surface area contributed by atoms with E-state index in [2.05, 4.69) is 10.6 Å². The van der Waals surface area contributed by atoms with Crippen molar-refractivity contribution in [3.05, 3.63) is 22.4 Å². The summed E-state index contributed by atoms with van der Waals surface area (Å²) in [6, 6.07) is 2.55. The van der Waals surface area contributed by atoms with Gasteiger partial charge in [0.25, 0.3) is 0 Å². The molecule has 2 amide bonds. The van der Waals surface area contributed by atoms with Gasteiger partial charge in [0.05, 0.1) is 0 Å². The molecule has 1 aromatic rings. The van der Waals surface area contributed by atoms with Gasteiger partial charge in [-0.05, 0) is 23.8 Å². The average Bonchev–Trinajstić information content (AvgIpc) is 2.76. The van der Waals surface area contributed by atoms with Gasteiger partial charge in [-0.3, -0.25) is 0 Å². The van der Waals surface area contributed by atoms with Gasteiger partial charge in [-0.25, -0.2) is 9.59 Å². The molecule has 0 aliphatic rings. The first-order valence-electron chi connectivity index (χ1n) is 6.52. The van der Waals surface area contributed by atoms with E-state index in [0.717, 1.165) is 6.42 Å². The van der Waals surface area contributed by atoms with Crippen molar-refractivity contribution in [3.8, 4) is 0 Å². The number of nitrogens with one attached hydrogen (secondary N) is 2. The van der Waals surface area contributed by atoms with Crippen molar-refractivity contribution in [1.29, 1.82) is 0 Å². The van der Waals surface area contributed by atoms with E-state index in [1.165, 1.54) is 4.88 Å². The Balaban J connectivity index is 2.51. The quantitative estimate of drug-likeness (QED) is 0.781. The number of hydrogen-bond donors (Lipinski definition) is 3. The molecular weight excluding hydrogens is 276 g/mol. The van der Waals surface area contributed by atoms with Crippen molar-refractivity contribution in [3.63, 3.8) is 0 Å². The van der Waals surface area contributed by atoms with Gasteiger partial charge in [0, 0.05) is 17.3 Å². The predicted molar refractivity (Wildman–Crippen MR) is 80.0 cm³/mol. The monoisotopic (exact) mass is 298 g/mol. The molecule has 112 valence electrons. The molecule has 1 aromatic heterocycles. The van der Waals surface area contributed by atoms with Crippen LogP contribution in [0, 0.1) is 5.41 Å². The number of urea groups is 1. The molecular formula is C14H22N2O3S. The molecule has 20 heavy (non-hydrogen) atoms. The first-order chi connectivity index (χ1) is 9.20. The lowest BCUT2D eigenvalue weighted by atomic mass is 9.87. The Morgan fingerprint density at radius 1 is 1.35 bits per heavy atom. The standard InChI is InChI=1S/C14H22N2O3S/c1-9(8-10-6-5-7-20-10)15-13(19)16-11(12(17)18)14(2,3)4/h5-7,9,11H,8H2,1-4H3,(H,17,18)(H2,15,16,19). The highest BCUT2D eigenvalue weighted by atomic mass is 32.1. The van der Waals surface area contributed by atoms with E-state index in [0.29, 0.717) is 0 Å². The molecule has 0 aliphatic carbocycles. The lowest BCUT2D eigenvalue weighted by Gasteiger charge is -2.28. The molecule has 0 radical (unpaired) electrons. The minimum Gasteiger partial charge on any atom is -0.480 e. The van der Waals surface area contributed by atoms with Crippen LogP contribution in [0.25, 0.3) is 0 Å². The maximum absolute atomic E-state index is 11.9. The maximum Gasteiger partial charge on any atom is 0.326 e. The number of thiophene rings is 1. The summed E-state index contributed by atoms with van der Waals surface area (Å²) in [5.74, 6) is -1.03. The fourth-order valence-corrected chi connectivity index (χ4v) is 2.66. The molecule has 0 fully saturated rings. The molecule has 0 saturated carbocycles. The Kier molecular flexibility index (Phi) is 5.56. The summed E-state index contributed by atoms with van der Waals surface area (Å²) in [6.45, 7) is 7.23. The summed E-state index contributed by atoms with van der Waals surface area (Å²) >= 11 is 1.64. The molecule has 1 heterocycles. The van der Waals surface area contributed by atoms with Gasteiger partial charge < -0.3 is 15.7 Å². The van der Waals surface area contributed by atoms with Crippen LogP contribution in [0.3, 0.4) is 0 Å². The van der Waals surface area contributed by atoms with Crippen LogP contribution in [0.1, 0.15) is 32.6 Å². The number of aliphatic carboxylic acids is 1. The number of rotatable bonds is 5. The molecule has 6 heteroatoms. The van der Waals surface area contributed by atoms with Crippen LogP contribution in [0.2, 0.25) is 0 Å². The molecule has 3 N–H and O–H groups in total. The number of carbonyl (C=O) groups excluding carboxylic acids is 1. The Morgan fingerprint density at radius 3 is 2.45 bits per heavy atom. The minimum absolute atomic E-state index is 0.0527. The Labute approximate surface area is 123 Å². The molecule has 1 rings (SSSR count). The lowest BCUT2D eigenvalue weighted by molar-refractivity contribution is -0.141. The van der Waals surface area contributed by atoms with E-state index in [4.69, 9.17) is 5.11 Å². The van der Waals surface area contributed by atoms with E-state index >= 15 is 0 Å². The van der Waals surface area contributed by atoms with E-state index in [1.54, 1.807) is 32.1 Å². The van der Waals surface area contributed by atoms with E-state index in [1.807, 2.05) is 24.4 Å². The van der Waals surface area contributed by atoms with Gasteiger partial charge >= 0.3 is 12.0 Å². The van der Waals surface area contributed by atoms with Crippen molar-refractivity contribution in [2.75, 3.05) is 0 Å². The minimum atomic E-state index is -1.03. The van der Waals surface area contributed by atoms with Crippen LogP contribution in [-0.4, -0.2) is 29.2 Å². The average molecular weight is 298 g/mol. The second kappa shape index (κ2) is 6.74. The SMILES string of the molecule is CC(Cc1cccs1)NC(=O)NC(C(=O)O)C(C)(C)C.